The second-order valence-electron chi connectivity index (χ2n) is 7.72. The molecule has 0 saturated carbocycles. The van der Waals surface area contributed by atoms with Gasteiger partial charge in [0.1, 0.15) is 0 Å². The number of hydrogen-bond donors (Lipinski definition) is 2. The van der Waals surface area contributed by atoms with Gasteiger partial charge in [0.15, 0.2) is 11.6 Å². The maximum Gasteiger partial charge on any atom is 0.314 e. The molecule has 27 heavy (non-hydrogen) atoms. The van der Waals surface area contributed by atoms with Crippen molar-refractivity contribution in [3.05, 3.63) is 29.8 Å². The van der Waals surface area contributed by atoms with E-state index in [1.54, 1.807) is 6.07 Å². The summed E-state index contributed by atoms with van der Waals surface area (Å²) in [6.07, 6.45) is 4.70. The van der Waals surface area contributed by atoms with Crippen molar-refractivity contribution in [3.63, 3.8) is 0 Å². The number of urea groups is 1. The molecule has 0 spiro atoms. The molecule has 2 amide bonds. The number of rotatable bonds is 6. The molecule has 5 nitrogen and oxygen atoms in total. The third kappa shape index (κ3) is 5.54. The molecule has 7 heteroatoms. The van der Waals surface area contributed by atoms with E-state index in [0.717, 1.165) is 38.7 Å². The molecule has 2 aliphatic heterocycles. The number of nitrogens with zero attached hydrogens (tertiary/aromatic N) is 2. The molecule has 2 heterocycles. The molecule has 0 aromatic heterocycles. The number of hydrogen-bond acceptors (Lipinski definition) is 3. The zero-order valence-electron chi connectivity index (χ0n) is 16.0. The van der Waals surface area contributed by atoms with E-state index in [9.17, 15) is 13.6 Å². The van der Waals surface area contributed by atoms with Crippen LogP contribution >= 0.6 is 0 Å². The fourth-order valence-electron chi connectivity index (χ4n) is 4.02. The predicted molar refractivity (Wildman–Crippen MR) is 103 cm³/mol. The van der Waals surface area contributed by atoms with Crippen LogP contribution in [-0.2, 0) is 0 Å². The largest absolute Gasteiger partial charge is 0.371 e. The van der Waals surface area contributed by atoms with Crippen LogP contribution in [0.1, 0.15) is 32.6 Å². The van der Waals surface area contributed by atoms with E-state index in [-0.39, 0.29) is 6.03 Å². The molecule has 2 saturated heterocycles. The van der Waals surface area contributed by atoms with Crippen molar-refractivity contribution in [2.45, 2.75) is 38.6 Å². The Morgan fingerprint density at radius 1 is 1.15 bits per heavy atom. The quantitative estimate of drug-likeness (QED) is 0.798. The highest BCUT2D eigenvalue weighted by atomic mass is 19.2. The number of nitrogens with one attached hydrogen (secondary N) is 2. The Morgan fingerprint density at radius 3 is 2.78 bits per heavy atom. The zero-order valence-corrected chi connectivity index (χ0v) is 16.0. The van der Waals surface area contributed by atoms with Gasteiger partial charge in [0, 0.05) is 50.5 Å². The molecular weight excluding hydrogens is 350 g/mol. The van der Waals surface area contributed by atoms with Gasteiger partial charge in [0.2, 0.25) is 0 Å². The van der Waals surface area contributed by atoms with Crippen LogP contribution in [0.4, 0.5) is 19.3 Å². The van der Waals surface area contributed by atoms with Gasteiger partial charge in [-0.05, 0) is 50.8 Å². The maximum atomic E-state index is 13.4. The monoisotopic (exact) mass is 380 g/mol. The van der Waals surface area contributed by atoms with Gasteiger partial charge in [-0.3, -0.25) is 4.90 Å². The van der Waals surface area contributed by atoms with Crippen molar-refractivity contribution in [1.29, 1.82) is 0 Å². The standard InChI is InChI=1S/C20H30F2N4O/c1-15-4-2-3-9-25(15)11-8-23-20(27)24-13-16-7-10-26(14-16)17-5-6-18(21)19(22)12-17/h5-6,12,15-16H,2-4,7-11,13-14H2,1H3,(H2,23,24,27)/t15-,16+/m0/s1. The van der Waals surface area contributed by atoms with E-state index in [1.807, 2.05) is 4.90 Å². The van der Waals surface area contributed by atoms with Crippen molar-refractivity contribution in [1.82, 2.24) is 15.5 Å². The summed E-state index contributed by atoms with van der Waals surface area (Å²) < 4.78 is 26.5. The number of anilines is 1. The average molecular weight is 380 g/mol. The summed E-state index contributed by atoms with van der Waals surface area (Å²) in [7, 11) is 0. The second-order valence-corrected chi connectivity index (χ2v) is 7.72. The Kier molecular flexibility index (Phi) is 6.88. The highest BCUT2D eigenvalue weighted by Gasteiger charge is 2.24. The molecule has 2 atom stereocenters. The lowest BCUT2D eigenvalue weighted by molar-refractivity contribution is 0.161. The summed E-state index contributed by atoms with van der Waals surface area (Å²) >= 11 is 0. The van der Waals surface area contributed by atoms with E-state index in [4.69, 9.17) is 0 Å². The van der Waals surface area contributed by atoms with Gasteiger partial charge in [-0.2, -0.15) is 0 Å². The number of carbonyl (C=O) groups is 1. The lowest BCUT2D eigenvalue weighted by Gasteiger charge is -2.33. The maximum absolute atomic E-state index is 13.4. The molecule has 0 aliphatic carbocycles. The van der Waals surface area contributed by atoms with Crippen molar-refractivity contribution in [2.75, 3.05) is 44.2 Å². The highest BCUT2D eigenvalue weighted by Crippen LogP contribution is 2.25. The van der Waals surface area contributed by atoms with E-state index in [0.29, 0.717) is 30.7 Å². The van der Waals surface area contributed by atoms with Gasteiger partial charge in [0.05, 0.1) is 0 Å². The first-order valence-electron chi connectivity index (χ1n) is 9.98. The molecule has 2 N–H and O–H groups in total. The third-order valence-corrected chi connectivity index (χ3v) is 5.73. The molecule has 3 rings (SSSR count). The van der Waals surface area contributed by atoms with Crippen LogP contribution in [-0.4, -0.2) is 56.2 Å². The smallest absolute Gasteiger partial charge is 0.314 e. The molecule has 1 aromatic rings. The lowest BCUT2D eigenvalue weighted by Crippen LogP contribution is -2.45. The van der Waals surface area contributed by atoms with Crippen molar-refractivity contribution < 1.29 is 13.6 Å². The molecule has 0 unspecified atom stereocenters. The molecule has 2 aliphatic rings. The molecule has 0 radical (unpaired) electrons. The van der Waals surface area contributed by atoms with Crippen LogP contribution < -0.4 is 15.5 Å². The first-order chi connectivity index (χ1) is 13.0. The van der Waals surface area contributed by atoms with Crippen LogP contribution in [0.3, 0.4) is 0 Å². The zero-order chi connectivity index (χ0) is 19.2. The number of benzene rings is 1. The molecule has 0 bridgehead atoms. The average Bonchev–Trinajstić information content (AvgIpc) is 3.13. The first-order valence-corrected chi connectivity index (χ1v) is 9.98. The van der Waals surface area contributed by atoms with Gasteiger partial charge >= 0.3 is 6.03 Å². The minimum Gasteiger partial charge on any atom is -0.371 e. The fourth-order valence-corrected chi connectivity index (χ4v) is 4.02. The molecule has 1 aromatic carbocycles. The SMILES string of the molecule is C[C@H]1CCCCN1CCNC(=O)NC[C@H]1CCN(c2ccc(F)c(F)c2)C1. The fraction of sp³-hybridized carbons (Fsp3) is 0.650. The van der Waals surface area contributed by atoms with Gasteiger partial charge in [-0.15, -0.1) is 0 Å². The van der Waals surface area contributed by atoms with Crippen molar-refractivity contribution in [3.8, 4) is 0 Å². The van der Waals surface area contributed by atoms with E-state index < -0.39 is 11.6 Å². The van der Waals surface area contributed by atoms with Crippen LogP contribution in [0.25, 0.3) is 0 Å². The number of carbonyl (C=O) groups excluding carboxylic acids is 1. The topological polar surface area (TPSA) is 47.6 Å². The summed E-state index contributed by atoms with van der Waals surface area (Å²) in [5.74, 6) is -1.34. The summed E-state index contributed by atoms with van der Waals surface area (Å²) in [6, 6.07) is 4.46. The van der Waals surface area contributed by atoms with Crippen molar-refractivity contribution >= 4 is 11.7 Å². The molecule has 2 fully saturated rings. The van der Waals surface area contributed by atoms with E-state index >= 15 is 0 Å². The number of likely N-dealkylation sites (tertiary alicyclic amines) is 1. The first kappa shape index (κ1) is 19.9. The van der Waals surface area contributed by atoms with Crippen LogP contribution in [0.15, 0.2) is 18.2 Å². The Morgan fingerprint density at radius 2 is 2.00 bits per heavy atom. The normalized spacial score (nSPS) is 23.4. The number of halogens is 2. The van der Waals surface area contributed by atoms with Crippen LogP contribution in [0.5, 0.6) is 0 Å². The Hall–Kier alpha value is -1.89. The predicted octanol–water partition coefficient (Wildman–Crippen LogP) is 2.96. The lowest BCUT2D eigenvalue weighted by atomic mass is 10.0. The number of amides is 2. The minimum atomic E-state index is -0.827. The van der Waals surface area contributed by atoms with Gasteiger partial charge in [-0.1, -0.05) is 6.42 Å². The third-order valence-electron chi connectivity index (χ3n) is 5.73. The highest BCUT2D eigenvalue weighted by molar-refractivity contribution is 5.73. The second kappa shape index (κ2) is 9.35. The number of piperidine rings is 1. The summed E-state index contributed by atoms with van der Waals surface area (Å²) in [4.78, 5) is 16.5. The van der Waals surface area contributed by atoms with Crippen LogP contribution in [0.2, 0.25) is 0 Å². The summed E-state index contributed by atoms with van der Waals surface area (Å²) in [5.41, 5.74) is 0.691. The summed E-state index contributed by atoms with van der Waals surface area (Å²) in [6.45, 7) is 7.02. The molecule has 150 valence electrons. The Labute approximate surface area is 160 Å². The van der Waals surface area contributed by atoms with Crippen LogP contribution in [0, 0.1) is 17.6 Å². The van der Waals surface area contributed by atoms with Crippen molar-refractivity contribution in [2.24, 2.45) is 5.92 Å². The molecular formula is C20H30F2N4O. The minimum absolute atomic E-state index is 0.133. The van der Waals surface area contributed by atoms with Gasteiger partial charge in [0.25, 0.3) is 0 Å². The van der Waals surface area contributed by atoms with Gasteiger partial charge < -0.3 is 15.5 Å². The van der Waals surface area contributed by atoms with E-state index in [2.05, 4.69) is 22.5 Å². The Balaban J connectivity index is 1.34. The Bertz CT molecular complexity index is 642. The summed E-state index contributed by atoms with van der Waals surface area (Å²) in [5, 5.41) is 5.87. The van der Waals surface area contributed by atoms with E-state index in [1.165, 1.54) is 25.3 Å². The van der Waals surface area contributed by atoms with Gasteiger partial charge in [-0.25, -0.2) is 13.6 Å².